The van der Waals surface area contributed by atoms with Gasteiger partial charge in [0.2, 0.25) is 5.96 Å². The Morgan fingerprint density at radius 3 is 2.47 bits per heavy atom. The number of hydrazine groups is 1. The molecule has 0 heterocycles. The number of nitrogens with one attached hydrogen (secondary N) is 1. The maximum atomic E-state index is 5.48. The Bertz CT molecular complexity index is 177. The predicted octanol–water partition coefficient (Wildman–Crippen LogP) is 1.58. The van der Waals surface area contributed by atoms with Crippen molar-refractivity contribution < 1.29 is 0 Å². The van der Waals surface area contributed by atoms with Gasteiger partial charge in [-0.25, -0.2) is 5.84 Å². The van der Waals surface area contributed by atoms with Gasteiger partial charge in [0.1, 0.15) is 0 Å². The van der Waals surface area contributed by atoms with Crippen LogP contribution in [0.2, 0.25) is 0 Å². The van der Waals surface area contributed by atoms with E-state index in [1.165, 1.54) is 0 Å². The van der Waals surface area contributed by atoms with E-state index in [1.54, 1.807) is 0 Å². The van der Waals surface area contributed by atoms with Gasteiger partial charge in [-0.3, -0.25) is 10.4 Å². The number of guanidine groups is 1. The Kier molecular flexibility index (Phi) is 8.09. The van der Waals surface area contributed by atoms with E-state index in [-0.39, 0.29) is 0 Å². The van der Waals surface area contributed by atoms with Gasteiger partial charge in [-0.1, -0.05) is 27.2 Å². The first kappa shape index (κ1) is 14.2. The first-order valence-corrected chi connectivity index (χ1v) is 5.91. The first-order chi connectivity index (χ1) is 7.15. The summed E-state index contributed by atoms with van der Waals surface area (Å²) in [5.41, 5.74) is 2.69. The van der Waals surface area contributed by atoms with Crippen LogP contribution in [-0.2, 0) is 0 Å². The second kappa shape index (κ2) is 8.53. The van der Waals surface area contributed by atoms with Gasteiger partial charge in [-0.05, 0) is 19.3 Å². The second-order valence-corrected chi connectivity index (χ2v) is 4.14. The molecule has 0 bridgehead atoms. The molecule has 0 aromatic rings. The molecule has 0 aliphatic rings. The number of hydrogen-bond donors (Lipinski definition) is 2. The highest BCUT2D eigenvalue weighted by atomic mass is 15.4. The van der Waals surface area contributed by atoms with Gasteiger partial charge in [0.05, 0.1) is 0 Å². The zero-order chi connectivity index (χ0) is 11.7. The van der Waals surface area contributed by atoms with Crippen LogP contribution in [-0.4, -0.2) is 30.5 Å². The van der Waals surface area contributed by atoms with Crippen LogP contribution in [0.1, 0.15) is 40.5 Å². The molecule has 4 nitrogen and oxygen atoms in total. The minimum Gasteiger partial charge on any atom is -0.342 e. The Balaban J connectivity index is 4.25. The van der Waals surface area contributed by atoms with Crippen LogP contribution < -0.4 is 11.3 Å². The SMILES string of the molecule is CCCCN=C(NN)N(CC)CC(C)C. The summed E-state index contributed by atoms with van der Waals surface area (Å²) in [4.78, 5) is 6.64. The van der Waals surface area contributed by atoms with E-state index in [0.29, 0.717) is 5.92 Å². The van der Waals surface area contributed by atoms with Gasteiger partial charge in [0.15, 0.2) is 0 Å². The van der Waals surface area contributed by atoms with Gasteiger partial charge in [0.25, 0.3) is 0 Å². The van der Waals surface area contributed by atoms with Crippen molar-refractivity contribution in [1.82, 2.24) is 10.3 Å². The quantitative estimate of drug-likeness (QED) is 0.232. The van der Waals surface area contributed by atoms with Crippen LogP contribution in [0.3, 0.4) is 0 Å². The lowest BCUT2D eigenvalue weighted by molar-refractivity contribution is 0.368. The standard InChI is InChI=1S/C11H26N4/c1-5-7-8-13-11(14-12)15(6-2)9-10(3)4/h10H,5-9,12H2,1-4H3,(H,13,14). The highest BCUT2D eigenvalue weighted by Gasteiger charge is 2.09. The Morgan fingerprint density at radius 2 is 2.07 bits per heavy atom. The molecule has 0 aliphatic carbocycles. The average molecular weight is 214 g/mol. The van der Waals surface area contributed by atoms with Crippen LogP contribution in [0.5, 0.6) is 0 Å². The second-order valence-electron chi connectivity index (χ2n) is 4.14. The summed E-state index contributed by atoms with van der Waals surface area (Å²) in [5.74, 6) is 6.92. The zero-order valence-electron chi connectivity index (χ0n) is 10.6. The van der Waals surface area contributed by atoms with Crippen LogP contribution >= 0.6 is 0 Å². The van der Waals surface area contributed by atoms with Crippen molar-refractivity contribution in [3.63, 3.8) is 0 Å². The lowest BCUT2D eigenvalue weighted by atomic mass is 10.2. The van der Waals surface area contributed by atoms with E-state index in [2.05, 4.69) is 43.0 Å². The number of hydrogen-bond acceptors (Lipinski definition) is 2. The van der Waals surface area contributed by atoms with E-state index >= 15 is 0 Å². The lowest BCUT2D eigenvalue weighted by Crippen LogP contribution is -2.46. The minimum absolute atomic E-state index is 0.620. The largest absolute Gasteiger partial charge is 0.342 e. The molecular formula is C11H26N4. The van der Waals surface area contributed by atoms with E-state index in [4.69, 9.17) is 5.84 Å². The van der Waals surface area contributed by atoms with Crippen molar-refractivity contribution in [2.24, 2.45) is 16.8 Å². The summed E-state index contributed by atoms with van der Waals surface area (Å²) in [6.07, 6.45) is 2.28. The van der Waals surface area contributed by atoms with Crippen LogP contribution in [0, 0.1) is 5.92 Å². The van der Waals surface area contributed by atoms with Gasteiger partial charge >= 0.3 is 0 Å². The van der Waals surface area contributed by atoms with Gasteiger partial charge < -0.3 is 4.90 Å². The molecule has 0 aromatic carbocycles. The van der Waals surface area contributed by atoms with Crippen molar-refractivity contribution in [2.75, 3.05) is 19.6 Å². The smallest absolute Gasteiger partial charge is 0.208 e. The molecule has 90 valence electrons. The molecular weight excluding hydrogens is 188 g/mol. The van der Waals surface area contributed by atoms with Crippen LogP contribution in [0.25, 0.3) is 0 Å². The molecule has 3 N–H and O–H groups in total. The summed E-state index contributed by atoms with van der Waals surface area (Å²) in [6.45, 7) is 11.5. The maximum absolute atomic E-state index is 5.48. The highest BCUT2D eigenvalue weighted by Crippen LogP contribution is 1.99. The molecule has 0 rings (SSSR count). The highest BCUT2D eigenvalue weighted by molar-refractivity contribution is 5.79. The molecule has 0 fully saturated rings. The molecule has 4 heteroatoms. The average Bonchev–Trinajstić information content (AvgIpc) is 2.21. The van der Waals surface area contributed by atoms with Gasteiger partial charge in [-0.15, -0.1) is 0 Å². The molecule has 0 aromatic heterocycles. The summed E-state index contributed by atoms with van der Waals surface area (Å²) in [7, 11) is 0. The molecule has 0 unspecified atom stereocenters. The number of unbranched alkanes of at least 4 members (excludes halogenated alkanes) is 1. The monoisotopic (exact) mass is 214 g/mol. The van der Waals surface area contributed by atoms with Crippen molar-refractivity contribution in [3.05, 3.63) is 0 Å². The van der Waals surface area contributed by atoms with Crippen LogP contribution in [0.4, 0.5) is 0 Å². The third-order valence-electron chi connectivity index (χ3n) is 2.17. The molecule has 0 saturated heterocycles. The van der Waals surface area contributed by atoms with Crippen molar-refractivity contribution in [2.45, 2.75) is 40.5 Å². The molecule has 0 spiro atoms. The molecule has 15 heavy (non-hydrogen) atoms. The molecule has 0 aliphatic heterocycles. The fourth-order valence-corrected chi connectivity index (χ4v) is 1.39. The summed E-state index contributed by atoms with van der Waals surface area (Å²) in [6, 6.07) is 0. The Hall–Kier alpha value is -0.770. The summed E-state index contributed by atoms with van der Waals surface area (Å²) in [5, 5.41) is 0. The van der Waals surface area contributed by atoms with Crippen molar-refractivity contribution >= 4 is 5.96 Å². The maximum Gasteiger partial charge on any atom is 0.208 e. The molecule has 0 amide bonds. The van der Waals surface area contributed by atoms with Gasteiger partial charge in [0, 0.05) is 19.6 Å². The number of rotatable bonds is 6. The lowest BCUT2D eigenvalue weighted by Gasteiger charge is -2.25. The van der Waals surface area contributed by atoms with E-state index < -0.39 is 0 Å². The molecule has 0 radical (unpaired) electrons. The third kappa shape index (κ3) is 6.33. The Labute approximate surface area is 93.9 Å². The van der Waals surface area contributed by atoms with Crippen molar-refractivity contribution in [3.8, 4) is 0 Å². The Morgan fingerprint density at radius 1 is 1.40 bits per heavy atom. The predicted molar refractivity (Wildman–Crippen MR) is 66.6 cm³/mol. The molecule has 0 atom stereocenters. The topological polar surface area (TPSA) is 53.6 Å². The third-order valence-corrected chi connectivity index (χ3v) is 2.17. The van der Waals surface area contributed by atoms with Gasteiger partial charge in [-0.2, -0.15) is 0 Å². The summed E-state index contributed by atoms with van der Waals surface area (Å²) >= 11 is 0. The van der Waals surface area contributed by atoms with E-state index in [9.17, 15) is 0 Å². The number of nitrogens with zero attached hydrogens (tertiary/aromatic N) is 2. The number of nitrogens with two attached hydrogens (primary N) is 1. The van der Waals surface area contributed by atoms with E-state index in [0.717, 1.165) is 38.4 Å². The van der Waals surface area contributed by atoms with E-state index in [1.807, 2.05) is 0 Å². The normalized spacial score (nSPS) is 12.0. The summed E-state index contributed by atoms with van der Waals surface area (Å²) < 4.78 is 0. The van der Waals surface area contributed by atoms with Crippen LogP contribution in [0.15, 0.2) is 4.99 Å². The zero-order valence-corrected chi connectivity index (χ0v) is 10.6. The first-order valence-electron chi connectivity index (χ1n) is 5.91. The number of aliphatic imine (C=N–C) groups is 1. The minimum atomic E-state index is 0.620. The van der Waals surface area contributed by atoms with Crippen molar-refractivity contribution in [1.29, 1.82) is 0 Å². The fraction of sp³-hybridized carbons (Fsp3) is 0.909. The molecule has 0 saturated carbocycles. The fourth-order valence-electron chi connectivity index (χ4n) is 1.39.